The molecule has 10 nitrogen and oxygen atoms in total. The van der Waals surface area contributed by atoms with Crippen LogP contribution in [0.2, 0.25) is 0 Å². The zero-order valence-corrected chi connectivity index (χ0v) is 24.7. The van der Waals surface area contributed by atoms with Crippen molar-refractivity contribution in [1.82, 2.24) is 10.2 Å². The summed E-state index contributed by atoms with van der Waals surface area (Å²) in [7, 11) is 2.54. The third-order valence-electron chi connectivity index (χ3n) is 8.37. The van der Waals surface area contributed by atoms with Crippen LogP contribution in [0.4, 0.5) is 0 Å². The average Bonchev–Trinajstić information content (AvgIpc) is 3.38. The van der Waals surface area contributed by atoms with Crippen molar-refractivity contribution < 1.29 is 37.5 Å². The number of furan rings is 1. The number of nitrogens with one attached hydrogen (secondary N) is 1. The van der Waals surface area contributed by atoms with E-state index in [0.29, 0.717) is 22.5 Å². The van der Waals surface area contributed by atoms with E-state index in [1.165, 1.54) is 4.90 Å². The first-order valence-corrected chi connectivity index (χ1v) is 13.7. The molecule has 1 saturated heterocycles. The van der Waals surface area contributed by atoms with Gasteiger partial charge in [0, 0.05) is 25.8 Å². The fourth-order valence-electron chi connectivity index (χ4n) is 5.07. The second-order valence-electron chi connectivity index (χ2n) is 11.6. The van der Waals surface area contributed by atoms with E-state index < -0.39 is 29.8 Å². The number of amides is 2. The number of nitrogens with zero attached hydrogens (tertiary/aromatic N) is 1. The molecule has 0 saturated carbocycles. The molecule has 2 aliphatic rings. The van der Waals surface area contributed by atoms with Crippen LogP contribution in [0.25, 0.3) is 11.0 Å². The molecule has 1 atom stereocenters. The lowest BCUT2D eigenvalue weighted by Crippen LogP contribution is -2.61. The second-order valence-corrected chi connectivity index (χ2v) is 11.6. The van der Waals surface area contributed by atoms with Gasteiger partial charge in [0.2, 0.25) is 11.7 Å². The number of hydrogen-bond acceptors (Lipinski definition) is 8. The summed E-state index contributed by atoms with van der Waals surface area (Å²) in [6.45, 7) is 10.2. The number of carbonyl (C=O) groups is 2. The highest BCUT2D eigenvalue weighted by atomic mass is 16.7. The fraction of sp³-hybridized carbons (Fsp3) is 0.467. The molecule has 3 aromatic rings. The molecule has 0 radical (unpaired) electrons. The highest BCUT2D eigenvalue weighted by Crippen LogP contribution is 2.40. The molecule has 2 amide bonds. The normalized spacial score (nSPS) is 21.4. The van der Waals surface area contributed by atoms with Gasteiger partial charge in [-0.2, -0.15) is 0 Å². The van der Waals surface area contributed by atoms with Crippen molar-refractivity contribution >= 4 is 35.4 Å². The van der Waals surface area contributed by atoms with Gasteiger partial charge >= 0.3 is 7.12 Å². The first-order chi connectivity index (χ1) is 19.4. The Labute approximate surface area is 240 Å². The number of hydrogen-bond donors (Lipinski definition) is 1. The molecule has 1 aromatic heterocycles. The molecule has 1 N–H and O–H groups in total. The maximum Gasteiger partial charge on any atom is 0.494 e. The van der Waals surface area contributed by atoms with Crippen molar-refractivity contribution in [2.45, 2.75) is 57.9 Å². The van der Waals surface area contributed by atoms with Crippen molar-refractivity contribution in [2.24, 2.45) is 0 Å². The maximum absolute atomic E-state index is 14.0. The molecule has 41 heavy (non-hydrogen) atoms. The summed E-state index contributed by atoms with van der Waals surface area (Å²) >= 11 is 0. The van der Waals surface area contributed by atoms with E-state index in [-0.39, 0.29) is 38.0 Å². The summed E-state index contributed by atoms with van der Waals surface area (Å²) < 4.78 is 35.4. The van der Waals surface area contributed by atoms with Gasteiger partial charge in [-0.15, -0.1) is 0 Å². The molecule has 5 rings (SSSR count). The minimum Gasteiger partial charge on any atom is -0.496 e. The van der Waals surface area contributed by atoms with Crippen LogP contribution in [0.3, 0.4) is 0 Å². The van der Waals surface area contributed by atoms with Crippen molar-refractivity contribution in [3.8, 4) is 11.5 Å². The van der Waals surface area contributed by atoms with E-state index in [1.807, 2.05) is 64.1 Å². The molecular formula is C30H37BN2O8. The zero-order valence-electron chi connectivity index (χ0n) is 24.7. The SMILES string of the molecule is COCCN1C(=O)c2oc3cc(B4OC(C)(C)C(C)(C)O4)ccc3c2OCC1(C)C(=O)NCc1ccccc1OC. The first-order valence-electron chi connectivity index (χ1n) is 13.7. The monoisotopic (exact) mass is 564 g/mol. The Morgan fingerprint density at radius 2 is 1.76 bits per heavy atom. The van der Waals surface area contributed by atoms with Crippen molar-refractivity contribution in [1.29, 1.82) is 0 Å². The van der Waals surface area contributed by atoms with Crippen molar-refractivity contribution in [2.75, 3.05) is 34.0 Å². The third kappa shape index (κ3) is 5.07. The summed E-state index contributed by atoms with van der Waals surface area (Å²) in [6.07, 6.45) is 0. The number of para-hydroxylation sites is 1. The largest absolute Gasteiger partial charge is 0.496 e. The molecule has 2 aromatic carbocycles. The van der Waals surface area contributed by atoms with Gasteiger partial charge in [0.25, 0.3) is 5.91 Å². The number of benzene rings is 2. The first kappa shape index (κ1) is 29.0. The standard InChI is InChI=1S/C30H37BN2O8/c1-28(2)29(3,4)41-31(40-28)20-12-13-21-23(16-20)39-25-24(21)38-18-30(5,33(26(25)34)14-15-36-6)27(35)32-17-19-10-8-9-11-22(19)37-7/h8-13,16H,14-15,17-18H2,1-7H3,(H,32,35). The van der Waals surface area contributed by atoms with Gasteiger partial charge in [-0.1, -0.05) is 24.3 Å². The lowest BCUT2D eigenvalue weighted by Gasteiger charge is -2.37. The Bertz CT molecular complexity index is 1450. The zero-order chi connectivity index (χ0) is 29.6. The van der Waals surface area contributed by atoms with Crippen LogP contribution < -0.4 is 20.3 Å². The molecule has 1 unspecified atom stereocenters. The van der Waals surface area contributed by atoms with Crippen molar-refractivity contribution in [3.63, 3.8) is 0 Å². The van der Waals surface area contributed by atoms with Gasteiger partial charge in [0.15, 0.2) is 11.3 Å². The summed E-state index contributed by atoms with van der Waals surface area (Å²) in [5.41, 5.74) is -0.286. The maximum atomic E-state index is 14.0. The van der Waals surface area contributed by atoms with Gasteiger partial charge in [0.05, 0.1) is 30.3 Å². The van der Waals surface area contributed by atoms with E-state index in [4.69, 9.17) is 27.9 Å². The molecule has 0 aliphatic carbocycles. The van der Waals surface area contributed by atoms with Gasteiger partial charge in [-0.25, -0.2) is 0 Å². The summed E-state index contributed by atoms with van der Waals surface area (Å²) in [4.78, 5) is 29.1. The summed E-state index contributed by atoms with van der Waals surface area (Å²) in [5.74, 6) is 0.161. The minimum atomic E-state index is -1.34. The van der Waals surface area contributed by atoms with Gasteiger partial charge in [0.1, 0.15) is 17.9 Å². The lowest BCUT2D eigenvalue weighted by molar-refractivity contribution is -0.133. The number of methoxy groups -OCH3 is 2. The number of ether oxygens (including phenoxy) is 3. The van der Waals surface area contributed by atoms with Crippen molar-refractivity contribution in [3.05, 3.63) is 53.8 Å². The predicted octanol–water partition coefficient (Wildman–Crippen LogP) is 3.30. The molecule has 0 bridgehead atoms. The highest BCUT2D eigenvalue weighted by Gasteiger charge is 2.52. The number of rotatable bonds is 8. The Hall–Kier alpha value is -3.54. The second kappa shape index (κ2) is 10.7. The predicted molar refractivity (Wildman–Crippen MR) is 154 cm³/mol. The number of carbonyl (C=O) groups excluding carboxylic acids is 2. The van der Waals surface area contributed by atoms with E-state index in [0.717, 1.165) is 11.0 Å². The van der Waals surface area contributed by atoms with Crippen LogP contribution in [0.5, 0.6) is 11.5 Å². The Kier molecular flexibility index (Phi) is 7.56. The van der Waals surface area contributed by atoms with Crippen LogP contribution in [0.15, 0.2) is 46.9 Å². The molecule has 11 heteroatoms. The molecule has 2 aliphatic heterocycles. The van der Waals surface area contributed by atoms with Gasteiger partial charge < -0.3 is 38.2 Å². The van der Waals surface area contributed by atoms with Gasteiger partial charge in [-0.05, 0) is 58.3 Å². The smallest absolute Gasteiger partial charge is 0.494 e. The summed E-state index contributed by atoms with van der Waals surface area (Å²) in [5, 5.41) is 3.58. The lowest BCUT2D eigenvalue weighted by atomic mass is 9.79. The third-order valence-corrected chi connectivity index (χ3v) is 8.37. The van der Waals surface area contributed by atoms with Gasteiger partial charge in [-0.3, -0.25) is 9.59 Å². The average molecular weight is 564 g/mol. The molecule has 218 valence electrons. The van der Waals surface area contributed by atoms with Crippen LogP contribution in [-0.2, 0) is 25.4 Å². The molecule has 0 spiro atoms. The van der Waals surface area contributed by atoms with Crippen LogP contribution in [0, 0.1) is 0 Å². The molecule has 1 fully saturated rings. The fourth-order valence-corrected chi connectivity index (χ4v) is 5.07. The Balaban J connectivity index is 1.44. The van der Waals surface area contributed by atoms with E-state index in [9.17, 15) is 9.59 Å². The van der Waals surface area contributed by atoms with Crippen LogP contribution >= 0.6 is 0 Å². The highest BCUT2D eigenvalue weighted by molar-refractivity contribution is 6.62. The Morgan fingerprint density at radius 1 is 1.05 bits per heavy atom. The topological polar surface area (TPSA) is 109 Å². The molecular weight excluding hydrogens is 527 g/mol. The number of fused-ring (bicyclic) bond motifs is 3. The minimum absolute atomic E-state index is 0.0309. The van der Waals surface area contributed by atoms with Crippen LogP contribution in [-0.4, -0.2) is 74.6 Å². The molecule has 3 heterocycles. The van der Waals surface area contributed by atoms with E-state index in [2.05, 4.69) is 5.32 Å². The van der Waals surface area contributed by atoms with Crippen LogP contribution in [0.1, 0.15) is 50.7 Å². The van der Waals surface area contributed by atoms with E-state index >= 15 is 0 Å². The quantitative estimate of drug-likeness (QED) is 0.416. The summed E-state index contributed by atoms with van der Waals surface area (Å²) in [6, 6.07) is 12.9. The Morgan fingerprint density at radius 3 is 2.44 bits per heavy atom. The van der Waals surface area contributed by atoms with E-state index in [1.54, 1.807) is 27.2 Å².